The first-order valence-corrected chi connectivity index (χ1v) is 10.4. The van der Waals surface area contributed by atoms with Gasteiger partial charge in [0.15, 0.2) is 11.5 Å². The summed E-state index contributed by atoms with van der Waals surface area (Å²) in [5.74, 6) is -8.17. The zero-order valence-corrected chi connectivity index (χ0v) is 19.3. The summed E-state index contributed by atoms with van der Waals surface area (Å²) in [6.07, 6.45) is 4.91. The lowest BCUT2D eigenvalue weighted by molar-refractivity contribution is -0.0349. The Kier molecular flexibility index (Phi) is 6.35. The summed E-state index contributed by atoms with van der Waals surface area (Å²) < 4.78 is 44.5. The largest absolute Gasteiger partial charge is 0.489 e. The number of amides is 1. The van der Waals surface area contributed by atoms with Crippen LogP contribution in [0.5, 0.6) is 5.75 Å². The van der Waals surface area contributed by atoms with Gasteiger partial charge in [-0.2, -0.15) is 19.1 Å². The van der Waals surface area contributed by atoms with Gasteiger partial charge in [0.25, 0.3) is 11.5 Å². The Bertz CT molecular complexity index is 1520. The number of carbonyl (C=O) groups excluding carboxylic acids is 1. The third-order valence-corrected chi connectivity index (χ3v) is 5.47. The summed E-state index contributed by atoms with van der Waals surface area (Å²) in [7, 11) is 3.77. The van der Waals surface area contributed by atoms with Crippen molar-refractivity contribution in [3.63, 3.8) is 0 Å². The van der Waals surface area contributed by atoms with E-state index in [2.05, 4.69) is 25.1 Å². The van der Waals surface area contributed by atoms with E-state index in [1.54, 1.807) is 13.1 Å². The van der Waals surface area contributed by atoms with Crippen molar-refractivity contribution in [2.45, 2.75) is 11.8 Å². The molecule has 0 aliphatic rings. The van der Waals surface area contributed by atoms with Gasteiger partial charge in [0.1, 0.15) is 12.0 Å². The molecular formula is C23H19F2N7O4. The van der Waals surface area contributed by atoms with Crippen molar-refractivity contribution in [3.8, 4) is 11.8 Å². The molecule has 0 aliphatic carbocycles. The molecule has 0 spiro atoms. The second-order valence-electron chi connectivity index (χ2n) is 7.75. The molecular weight excluding hydrogens is 476 g/mol. The topological polar surface area (TPSA) is 141 Å². The zero-order valence-electron chi connectivity index (χ0n) is 19.3. The van der Waals surface area contributed by atoms with Gasteiger partial charge in [0.05, 0.1) is 37.1 Å². The molecule has 1 N–H and O–H groups in total. The molecule has 11 nitrogen and oxygen atoms in total. The summed E-state index contributed by atoms with van der Waals surface area (Å²) >= 11 is 0. The van der Waals surface area contributed by atoms with Crippen LogP contribution in [-0.4, -0.2) is 37.5 Å². The van der Waals surface area contributed by atoms with Gasteiger partial charge in [-0.3, -0.25) is 18.8 Å². The monoisotopic (exact) mass is 495 g/mol. The van der Waals surface area contributed by atoms with E-state index >= 15 is 8.78 Å². The van der Waals surface area contributed by atoms with E-state index in [0.29, 0.717) is 4.57 Å². The van der Waals surface area contributed by atoms with E-state index in [1.165, 1.54) is 41.5 Å². The lowest BCUT2D eigenvalue weighted by Gasteiger charge is -2.28. The SMILES string of the molecule is COc1c(C(=O)Nc2cnoc2)nc(C(F)(F)C(c2cnn(C)c2)c2ccccc2C#N)n(C)c1=O. The number of anilines is 1. The number of alkyl halides is 2. The molecule has 1 aromatic carbocycles. The second-order valence-corrected chi connectivity index (χ2v) is 7.75. The van der Waals surface area contributed by atoms with Gasteiger partial charge in [-0.1, -0.05) is 23.4 Å². The quantitative estimate of drug-likeness (QED) is 0.412. The smallest absolute Gasteiger partial charge is 0.315 e. The highest BCUT2D eigenvalue weighted by Crippen LogP contribution is 2.46. The molecule has 0 saturated heterocycles. The first-order chi connectivity index (χ1) is 17.2. The first kappa shape index (κ1) is 24.3. The fourth-order valence-corrected chi connectivity index (χ4v) is 3.83. The van der Waals surface area contributed by atoms with Crippen LogP contribution in [0, 0.1) is 11.3 Å². The maximum Gasteiger partial charge on any atom is 0.315 e. The molecule has 13 heteroatoms. The minimum atomic E-state index is -3.89. The number of aromatic nitrogens is 5. The molecule has 4 aromatic rings. The Morgan fingerprint density at radius 1 is 1.28 bits per heavy atom. The van der Waals surface area contributed by atoms with E-state index < -0.39 is 40.6 Å². The Morgan fingerprint density at radius 3 is 2.64 bits per heavy atom. The molecule has 3 aromatic heterocycles. The van der Waals surface area contributed by atoms with E-state index in [0.717, 1.165) is 20.4 Å². The van der Waals surface area contributed by atoms with Gasteiger partial charge in [-0.05, 0) is 11.6 Å². The number of nitriles is 1. The van der Waals surface area contributed by atoms with Gasteiger partial charge in [-0.15, -0.1) is 0 Å². The van der Waals surface area contributed by atoms with Crippen molar-refractivity contribution in [1.82, 2.24) is 24.5 Å². The van der Waals surface area contributed by atoms with Crippen molar-refractivity contribution < 1.29 is 22.8 Å². The standard InChI is InChI=1S/C23H19F2N7O4/c1-31-11-14(9-27-31)17(16-7-5-4-6-13(16)8-26)23(24,25)22-30-18(19(35-3)21(34)32(22)2)20(33)29-15-10-28-36-12-15/h4-7,9-12,17H,1-3H3,(H,29,33). The van der Waals surface area contributed by atoms with E-state index in [9.17, 15) is 14.9 Å². The Hall–Kier alpha value is -4.86. The number of hydrogen-bond acceptors (Lipinski definition) is 8. The third-order valence-electron chi connectivity index (χ3n) is 5.47. The Morgan fingerprint density at radius 2 is 2.03 bits per heavy atom. The first-order valence-electron chi connectivity index (χ1n) is 10.4. The molecule has 1 atom stereocenters. The number of carbonyl (C=O) groups is 1. The van der Waals surface area contributed by atoms with Gasteiger partial charge in [-0.25, -0.2) is 4.98 Å². The maximum atomic E-state index is 16.4. The summed E-state index contributed by atoms with van der Waals surface area (Å²) in [5, 5.41) is 19.4. The average Bonchev–Trinajstić information content (AvgIpc) is 3.52. The molecule has 184 valence electrons. The van der Waals surface area contributed by atoms with Crippen LogP contribution in [0.25, 0.3) is 0 Å². The highest BCUT2D eigenvalue weighted by atomic mass is 19.3. The number of rotatable bonds is 7. The predicted molar refractivity (Wildman–Crippen MR) is 121 cm³/mol. The van der Waals surface area contributed by atoms with Crippen LogP contribution < -0.4 is 15.6 Å². The fraction of sp³-hybridized carbons (Fsp3) is 0.217. The van der Waals surface area contributed by atoms with Crippen LogP contribution in [0.1, 0.15) is 38.9 Å². The summed E-state index contributed by atoms with van der Waals surface area (Å²) in [6, 6.07) is 7.80. The van der Waals surface area contributed by atoms with Crippen LogP contribution in [0.3, 0.4) is 0 Å². The number of methoxy groups -OCH3 is 1. The lowest BCUT2D eigenvalue weighted by atomic mass is 9.84. The van der Waals surface area contributed by atoms with Gasteiger partial charge in [0.2, 0.25) is 5.75 Å². The maximum absolute atomic E-state index is 16.4. The van der Waals surface area contributed by atoms with Crippen molar-refractivity contribution in [3.05, 3.63) is 87.7 Å². The lowest BCUT2D eigenvalue weighted by Crippen LogP contribution is -2.37. The number of nitrogens with one attached hydrogen (secondary N) is 1. The number of aryl methyl sites for hydroxylation is 1. The molecule has 0 aliphatic heterocycles. The Balaban J connectivity index is 1.94. The molecule has 36 heavy (non-hydrogen) atoms. The van der Waals surface area contributed by atoms with Crippen LogP contribution in [0.4, 0.5) is 14.5 Å². The zero-order chi connectivity index (χ0) is 26.0. The van der Waals surface area contributed by atoms with Gasteiger partial charge >= 0.3 is 5.92 Å². The molecule has 4 rings (SSSR count). The van der Waals surface area contributed by atoms with Gasteiger partial charge in [0, 0.05) is 25.9 Å². The second kappa shape index (κ2) is 9.41. The minimum Gasteiger partial charge on any atom is -0.489 e. The number of halogens is 2. The normalized spacial score (nSPS) is 12.1. The highest BCUT2D eigenvalue weighted by molar-refractivity contribution is 6.04. The molecule has 0 fully saturated rings. The van der Waals surface area contributed by atoms with E-state index in [-0.39, 0.29) is 22.4 Å². The predicted octanol–water partition coefficient (Wildman–Crippen LogP) is 2.56. The van der Waals surface area contributed by atoms with Crippen molar-refractivity contribution in [2.24, 2.45) is 14.1 Å². The summed E-state index contributed by atoms with van der Waals surface area (Å²) in [5.41, 5.74) is -1.46. The molecule has 0 radical (unpaired) electrons. The van der Waals surface area contributed by atoms with Crippen LogP contribution in [-0.2, 0) is 20.0 Å². The number of hydrogen-bond donors (Lipinski definition) is 1. The fourth-order valence-electron chi connectivity index (χ4n) is 3.83. The highest BCUT2D eigenvalue weighted by Gasteiger charge is 2.49. The summed E-state index contributed by atoms with van der Waals surface area (Å²) in [4.78, 5) is 29.8. The third kappa shape index (κ3) is 4.20. The molecule has 0 bridgehead atoms. The molecule has 0 saturated carbocycles. The van der Waals surface area contributed by atoms with E-state index in [4.69, 9.17) is 4.74 Å². The minimum absolute atomic E-state index is 0.00135. The van der Waals surface area contributed by atoms with Crippen molar-refractivity contribution in [1.29, 1.82) is 5.26 Å². The molecule has 1 unspecified atom stereocenters. The van der Waals surface area contributed by atoms with Crippen molar-refractivity contribution in [2.75, 3.05) is 12.4 Å². The van der Waals surface area contributed by atoms with Crippen LogP contribution in [0.15, 0.2) is 58.4 Å². The Labute approximate surface area is 202 Å². The van der Waals surface area contributed by atoms with Crippen molar-refractivity contribution >= 4 is 11.6 Å². The van der Waals surface area contributed by atoms with Gasteiger partial charge < -0.3 is 14.6 Å². The number of nitrogens with zero attached hydrogens (tertiary/aromatic N) is 6. The molecule has 1 amide bonds. The molecule has 3 heterocycles. The van der Waals surface area contributed by atoms with Crippen LogP contribution >= 0.6 is 0 Å². The number of ether oxygens (including phenoxy) is 1. The number of benzene rings is 1. The average molecular weight is 495 g/mol. The van der Waals surface area contributed by atoms with E-state index in [1.807, 2.05) is 6.07 Å². The van der Waals surface area contributed by atoms with Crippen LogP contribution in [0.2, 0.25) is 0 Å². The summed E-state index contributed by atoms with van der Waals surface area (Å²) in [6.45, 7) is 0.